The molecule has 2 aromatic rings. The van der Waals surface area contributed by atoms with Crippen molar-refractivity contribution in [3.63, 3.8) is 0 Å². The lowest BCUT2D eigenvalue weighted by atomic mass is 9.84. The second-order valence-corrected chi connectivity index (χ2v) is 8.06. The van der Waals surface area contributed by atoms with E-state index in [0.717, 1.165) is 43.9 Å². The van der Waals surface area contributed by atoms with E-state index in [-0.39, 0.29) is 36.3 Å². The summed E-state index contributed by atoms with van der Waals surface area (Å²) in [5.74, 6) is -1.52. The van der Waals surface area contributed by atoms with Gasteiger partial charge >= 0.3 is 5.97 Å². The molecule has 2 aliphatic heterocycles. The van der Waals surface area contributed by atoms with Gasteiger partial charge in [0, 0.05) is 24.6 Å². The maximum absolute atomic E-state index is 13.5. The molecule has 3 aliphatic rings. The molecule has 0 N–H and O–H groups in total. The number of benzene rings is 1. The third-order valence-electron chi connectivity index (χ3n) is 6.22. The number of aromatic nitrogens is 1. The SMILES string of the molecule is O=C1CC(C(=O)N2CCc3oc(-c4cc(F)cc(F)c4)nc3C2)C2(CCCC2)O1. The van der Waals surface area contributed by atoms with Gasteiger partial charge in [-0.2, -0.15) is 0 Å². The van der Waals surface area contributed by atoms with Crippen LogP contribution in [0.25, 0.3) is 11.5 Å². The number of nitrogens with zero attached hydrogens (tertiary/aromatic N) is 2. The Hall–Kier alpha value is -2.77. The van der Waals surface area contributed by atoms with E-state index in [1.807, 2.05) is 0 Å². The molecule has 2 fully saturated rings. The van der Waals surface area contributed by atoms with E-state index in [9.17, 15) is 18.4 Å². The molecular formula is C21H20F2N2O4. The molecule has 3 heterocycles. The predicted molar refractivity (Wildman–Crippen MR) is 96.4 cm³/mol. The highest BCUT2D eigenvalue weighted by Crippen LogP contribution is 2.46. The lowest BCUT2D eigenvalue weighted by molar-refractivity contribution is -0.152. The summed E-state index contributed by atoms with van der Waals surface area (Å²) in [5, 5.41) is 0. The number of fused-ring (bicyclic) bond motifs is 1. The number of esters is 1. The Balaban J connectivity index is 1.38. The Kier molecular flexibility index (Phi) is 4.18. The normalized spacial score (nSPS) is 22.8. The molecule has 1 aromatic carbocycles. The molecule has 1 atom stereocenters. The number of carbonyl (C=O) groups excluding carboxylic acids is 2. The first kappa shape index (κ1) is 18.3. The number of ether oxygens (including phenoxy) is 1. The van der Waals surface area contributed by atoms with Crippen LogP contribution in [-0.2, 0) is 27.3 Å². The van der Waals surface area contributed by atoms with Crippen LogP contribution in [-0.4, -0.2) is 33.9 Å². The molecule has 1 spiro atoms. The summed E-state index contributed by atoms with van der Waals surface area (Å²) in [6.07, 6.45) is 3.95. The zero-order chi connectivity index (χ0) is 20.2. The maximum atomic E-state index is 13.5. The van der Waals surface area contributed by atoms with Gasteiger partial charge in [-0.15, -0.1) is 0 Å². The number of carbonyl (C=O) groups is 2. The number of halogens is 2. The van der Waals surface area contributed by atoms with Gasteiger partial charge in [-0.3, -0.25) is 9.59 Å². The third-order valence-corrected chi connectivity index (χ3v) is 6.22. The molecule has 1 aliphatic carbocycles. The van der Waals surface area contributed by atoms with Gasteiger partial charge in [0.1, 0.15) is 28.7 Å². The van der Waals surface area contributed by atoms with E-state index in [0.29, 0.717) is 24.4 Å². The molecule has 6 nitrogen and oxygen atoms in total. The van der Waals surface area contributed by atoms with Crippen molar-refractivity contribution in [2.45, 2.75) is 50.7 Å². The highest BCUT2D eigenvalue weighted by Gasteiger charge is 2.55. The first-order valence-corrected chi connectivity index (χ1v) is 9.89. The van der Waals surface area contributed by atoms with Crippen LogP contribution < -0.4 is 0 Å². The fourth-order valence-corrected chi connectivity index (χ4v) is 4.84. The van der Waals surface area contributed by atoms with Crippen molar-refractivity contribution in [3.05, 3.63) is 41.3 Å². The average molecular weight is 402 g/mol. The van der Waals surface area contributed by atoms with Crippen LogP contribution in [0.1, 0.15) is 43.6 Å². The number of hydrogen-bond acceptors (Lipinski definition) is 5. The van der Waals surface area contributed by atoms with Gasteiger partial charge in [0.2, 0.25) is 11.8 Å². The lowest BCUT2D eigenvalue weighted by Crippen LogP contribution is -2.46. The van der Waals surface area contributed by atoms with Gasteiger partial charge in [0.05, 0.1) is 18.9 Å². The van der Waals surface area contributed by atoms with Crippen molar-refractivity contribution >= 4 is 11.9 Å². The van der Waals surface area contributed by atoms with Crippen molar-refractivity contribution in [2.24, 2.45) is 5.92 Å². The number of amides is 1. The summed E-state index contributed by atoms with van der Waals surface area (Å²) in [4.78, 5) is 31.2. The molecule has 1 amide bonds. The Labute approximate surface area is 165 Å². The zero-order valence-corrected chi connectivity index (χ0v) is 15.7. The molecule has 1 saturated heterocycles. The van der Waals surface area contributed by atoms with Crippen LogP contribution in [0, 0.1) is 17.6 Å². The van der Waals surface area contributed by atoms with Crippen molar-refractivity contribution in [3.8, 4) is 11.5 Å². The highest BCUT2D eigenvalue weighted by molar-refractivity contribution is 5.88. The molecule has 0 bridgehead atoms. The van der Waals surface area contributed by atoms with Crippen LogP contribution in [0.5, 0.6) is 0 Å². The largest absolute Gasteiger partial charge is 0.458 e. The Morgan fingerprint density at radius 1 is 1.17 bits per heavy atom. The fourth-order valence-electron chi connectivity index (χ4n) is 4.84. The fraction of sp³-hybridized carbons (Fsp3) is 0.476. The summed E-state index contributed by atoms with van der Waals surface area (Å²) in [6, 6.07) is 3.11. The van der Waals surface area contributed by atoms with Crippen LogP contribution in [0.3, 0.4) is 0 Å². The van der Waals surface area contributed by atoms with Crippen molar-refractivity contribution in [1.82, 2.24) is 9.88 Å². The summed E-state index contributed by atoms with van der Waals surface area (Å²) >= 11 is 0. The van der Waals surface area contributed by atoms with Crippen LogP contribution in [0.4, 0.5) is 8.78 Å². The molecule has 0 radical (unpaired) electrons. The standard InChI is InChI=1S/C21H20F2N2O4/c22-13-7-12(8-14(23)9-13)19-24-16-11-25(6-3-17(16)28-19)20(27)15-10-18(26)29-21(15)4-1-2-5-21/h7-9,15H,1-6,10-11H2. The average Bonchev–Trinajstić information content (AvgIpc) is 3.39. The first-order valence-electron chi connectivity index (χ1n) is 9.89. The first-order chi connectivity index (χ1) is 13.9. The monoisotopic (exact) mass is 402 g/mol. The van der Waals surface area contributed by atoms with Crippen molar-refractivity contribution < 1.29 is 27.5 Å². The third kappa shape index (κ3) is 3.10. The smallest absolute Gasteiger partial charge is 0.307 e. The molecule has 5 rings (SSSR count). The minimum Gasteiger partial charge on any atom is -0.458 e. The van der Waals surface area contributed by atoms with Crippen molar-refractivity contribution in [1.29, 1.82) is 0 Å². The van der Waals surface area contributed by atoms with Crippen LogP contribution in [0.2, 0.25) is 0 Å². The molecule has 29 heavy (non-hydrogen) atoms. The van der Waals surface area contributed by atoms with Gasteiger partial charge in [0.15, 0.2) is 0 Å². The highest BCUT2D eigenvalue weighted by atomic mass is 19.1. The quantitative estimate of drug-likeness (QED) is 0.720. The van der Waals surface area contributed by atoms with E-state index >= 15 is 0 Å². The van der Waals surface area contributed by atoms with E-state index in [2.05, 4.69) is 4.98 Å². The molecule has 1 saturated carbocycles. The summed E-state index contributed by atoms with van der Waals surface area (Å²) in [6.45, 7) is 0.689. The topological polar surface area (TPSA) is 72.6 Å². The van der Waals surface area contributed by atoms with Gasteiger partial charge in [0.25, 0.3) is 0 Å². The molecular weight excluding hydrogens is 382 g/mol. The van der Waals surface area contributed by atoms with Gasteiger partial charge < -0.3 is 14.1 Å². The Morgan fingerprint density at radius 3 is 2.62 bits per heavy atom. The molecule has 8 heteroatoms. The predicted octanol–water partition coefficient (Wildman–Crippen LogP) is 3.38. The van der Waals surface area contributed by atoms with E-state index in [1.54, 1.807) is 4.90 Å². The summed E-state index contributed by atoms with van der Waals surface area (Å²) in [7, 11) is 0. The van der Waals surface area contributed by atoms with Crippen molar-refractivity contribution in [2.75, 3.05) is 6.54 Å². The maximum Gasteiger partial charge on any atom is 0.307 e. The number of oxazole rings is 1. The zero-order valence-electron chi connectivity index (χ0n) is 15.7. The van der Waals surface area contributed by atoms with E-state index in [1.165, 1.54) is 0 Å². The minimum atomic E-state index is -0.708. The minimum absolute atomic E-state index is 0.0928. The van der Waals surface area contributed by atoms with E-state index in [4.69, 9.17) is 9.15 Å². The molecule has 1 aromatic heterocycles. The molecule has 152 valence electrons. The van der Waals surface area contributed by atoms with Crippen LogP contribution in [0.15, 0.2) is 22.6 Å². The summed E-state index contributed by atoms with van der Waals surface area (Å²) in [5.41, 5.74) is 0.146. The lowest BCUT2D eigenvalue weighted by Gasteiger charge is -2.33. The Morgan fingerprint density at radius 2 is 1.90 bits per heavy atom. The van der Waals surface area contributed by atoms with Crippen LogP contribution >= 0.6 is 0 Å². The van der Waals surface area contributed by atoms with Gasteiger partial charge in [-0.25, -0.2) is 13.8 Å². The number of hydrogen-bond donors (Lipinski definition) is 0. The van der Waals surface area contributed by atoms with E-state index < -0.39 is 23.2 Å². The summed E-state index contributed by atoms with van der Waals surface area (Å²) < 4.78 is 38.3. The molecule has 1 unspecified atom stereocenters. The second kappa shape index (κ2) is 6.64. The van der Waals surface area contributed by atoms with Gasteiger partial charge in [-0.1, -0.05) is 0 Å². The second-order valence-electron chi connectivity index (χ2n) is 8.06. The Bertz CT molecular complexity index is 976. The number of rotatable bonds is 2. The van der Waals surface area contributed by atoms with Gasteiger partial charge in [-0.05, 0) is 37.8 Å².